The predicted octanol–water partition coefficient (Wildman–Crippen LogP) is 0.967. The van der Waals surface area contributed by atoms with Gasteiger partial charge >= 0.3 is 0 Å². The van der Waals surface area contributed by atoms with Gasteiger partial charge in [0.2, 0.25) is 0 Å². The Hall–Kier alpha value is -1.58. The zero-order chi connectivity index (χ0) is 11.0. The van der Waals surface area contributed by atoms with E-state index in [9.17, 15) is 9.90 Å². The van der Waals surface area contributed by atoms with Crippen molar-refractivity contribution in [2.45, 2.75) is 25.7 Å². The molecule has 1 aromatic heterocycles. The zero-order valence-electron chi connectivity index (χ0n) is 8.71. The lowest BCUT2D eigenvalue weighted by Crippen LogP contribution is -2.26. The zero-order valence-corrected chi connectivity index (χ0v) is 8.71. The number of nitrogens with zero attached hydrogens (tertiary/aromatic N) is 1. The van der Waals surface area contributed by atoms with Crippen LogP contribution < -0.4 is 5.56 Å². The highest BCUT2D eigenvalue weighted by Crippen LogP contribution is 2.28. The monoisotopic (exact) mass is 206 g/mol. The van der Waals surface area contributed by atoms with Crippen LogP contribution in [-0.4, -0.2) is 15.9 Å². The molecule has 1 aliphatic carbocycles. The van der Waals surface area contributed by atoms with Crippen LogP contribution in [0.4, 0.5) is 0 Å². The minimum absolute atomic E-state index is 0.0697. The molecule has 0 aliphatic heterocycles. The number of hydrogen-bond donors (Lipinski definition) is 2. The highest BCUT2D eigenvalue weighted by Gasteiger charge is 2.20. The van der Waals surface area contributed by atoms with Crippen LogP contribution in [0.3, 0.4) is 0 Å². The van der Waals surface area contributed by atoms with Gasteiger partial charge in [0, 0.05) is 18.8 Å². The number of hydrogen-bond acceptors (Lipinski definition) is 3. The summed E-state index contributed by atoms with van der Waals surface area (Å²) in [5.74, 6) is 0.0697. The largest absolute Gasteiger partial charge is 0.494 e. The first-order chi connectivity index (χ1) is 7.16. The highest BCUT2D eigenvalue weighted by molar-refractivity contribution is 5.80. The fourth-order valence-corrected chi connectivity index (χ4v) is 2.21. The first kappa shape index (κ1) is 9.96. The van der Waals surface area contributed by atoms with Crippen molar-refractivity contribution in [1.29, 1.82) is 5.41 Å². The minimum atomic E-state index is -0.275. The van der Waals surface area contributed by atoms with Crippen molar-refractivity contribution < 1.29 is 5.11 Å². The summed E-state index contributed by atoms with van der Waals surface area (Å²) in [6, 6.07) is 0. The summed E-state index contributed by atoms with van der Waals surface area (Å²) in [5.41, 5.74) is 1.88. The molecule has 0 fully saturated rings. The van der Waals surface area contributed by atoms with Crippen LogP contribution in [-0.2, 0) is 19.9 Å². The van der Waals surface area contributed by atoms with E-state index in [-0.39, 0.29) is 11.4 Å². The molecular weight excluding hydrogens is 192 g/mol. The van der Waals surface area contributed by atoms with Crippen LogP contribution in [0.25, 0.3) is 0 Å². The highest BCUT2D eigenvalue weighted by atomic mass is 16.3. The Bertz CT molecular complexity index is 474. The lowest BCUT2D eigenvalue weighted by atomic mass is 9.89. The molecule has 0 saturated carbocycles. The molecule has 0 atom stereocenters. The van der Waals surface area contributed by atoms with Crippen molar-refractivity contribution in [3.63, 3.8) is 0 Å². The van der Waals surface area contributed by atoms with Crippen molar-refractivity contribution in [2.75, 3.05) is 0 Å². The van der Waals surface area contributed by atoms with Crippen molar-refractivity contribution in [1.82, 2.24) is 4.57 Å². The van der Waals surface area contributed by atoms with Gasteiger partial charge in [0.25, 0.3) is 5.56 Å². The van der Waals surface area contributed by atoms with Gasteiger partial charge < -0.3 is 10.5 Å². The van der Waals surface area contributed by atoms with E-state index in [2.05, 4.69) is 0 Å². The third-order valence-electron chi connectivity index (χ3n) is 3.06. The Labute approximate surface area is 87.7 Å². The third-order valence-corrected chi connectivity index (χ3v) is 3.06. The number of rotatable bonds is 1. The SMILES string of the molecule is Cn1c(O)c2c(c(C=N)c1=O)CCCC2. The molecule has 0 amide bonds. The summed E-state index contributed by atoms with van der Waals surface area (Å²) in [6.07, 6.45) is 4.77. The number of fused-ring (bicyclic) bond motifs is 1. The second kappa shape index (κ2) is 3.53. The number of pyridine rings is 1. The maximum atomic E-state index is 11.7. The van der Waals surface area contributed by atoms with Gasteiger partial charge in [-0.3, -0.25) is 9.36 Å². The first-order valence-corrected chi connectivity index (χ1v) is 5.11. The molecule has 1 aliphatic rings. The van der Waals surface area contributed by atoms with Crippen LogP contribution in [0, 0.1) is 5.41 Å². The summed E-state index contributed by atoms with van der Waals surface area (Å²) < 4.78 is 1.23. The van der Waals surface area contributed by atoms with E-state index in [1.54, 1.807) is 7.05 Å². The van der Waals surface area contributed by atoms with Gasteiger partial charge in [-0.2, -0.15) is 0 Å². The number of aromatic nitrogens is 1. The quantitative estimate of drug-likeness (QED) is 0.672. The Morgan fingerprint density at radius 3 is 2.53 bits per heavy atom. The molecule has 2 rings (SSSR count). The first-order valence-electron chi connectivity index (χ1n) is 5.11. The fourth-order valence-electron chi connectivity index (χ4n) is 2.21. The summed E-state index contributed by atoms with van der Waals surface area (Å²) in [4.78, 5) is 11.7. The van der Waals surface area contributed by atoms with Gasteiger partial charge in [0.15, 0.2) is 5.88 Å². The molecule has 0 unspecified atom stereocenters. The predicted molar refractivity (Wildman–Crippen MR) is 57.9 cm³/mol. The molecular formula is C11H14N2O2. The molecule has 80 valence electrons. The van der Waals surface area contributed by atoms with Crippen molar-refractivity contribution >= 4 is 6.21 Å². The summed E-state index contributed by atoms with van der Waals surface area (Å²) >= 11 is 0. The number of aromatic hydroxyl groups is 1. The van der Waals surface area contributed by atoms with E-state index in [4.69, 9.17) is 5.41 Å². The summed E-state index contributed by atoms with van der Waals surface area (Å²) in [5, 5.41) is 17.1. The van der Waals surface area contributed by atoms with Crippen LogP contribution in [0.2, 0.25) is 0 Å². The molecule has 4 heteroatoms. The van der Waals surface area contributed by atoms with Crippen LogP contribution >= 0.6 is 0 Å². The van der Waals surface area contributed by atoms with Crippen molar-refractivity contribution in [3.05, 3.63) is 27.0 Å². The van der Waals surface area contributed by atoms with E-state index in [0.717, 1.165) is 43.0 Å². The molecule has 0 saturated heterocycles. The third kappa shape index (κ3) is 1.37. The lowest BCUT2D eigenvalue weighted by Gasteiger charge is -2.20. The number of nitrogens with one attached hydrogen (secondary N) is 1. The maximum absolute atomic E-state index is 11.7. The van der Waals surface area contributed by atoms with Gasteiger partial charge in [-0.1, -0.05) is 0 Å². The Kier molecular flexibility index (Phi) is 2.34. The molecule has 1 aromatic rings. The molecule has 0 spiro atoms. The Morgan fingerprint density at radius 2 is 1.93 bits per heavy atom. The summed E-state index contributed by atoms with van der Waals surface area (Å²) in [7, 11) is 1.54. The molecule has 0 bridgehead atoms. The second-order valence-corrected chi connectivity index (χ2v) is 3.91. The van der Waals surface area contributed by atoms with Gasteiger partial charge in [0.1, 0.15) is 0 Å². The maximum Gasteiger partial charge on any atom is 0.262 e. The van der Waals surface area contributed by atoms with E-state index in [0.29, 0.717) is 5.56 Å². The summed E-state index contributed by atoms with van der Waals surface area (Å²) in [6.45, 7) is 0. The van der Waals surface area contributed by atoms with E-state index >= 15 is 0 Å². The second-order valence-electron chi connectivity index (χ2n) is 3.91. The van der Waals surface area contributed by atoms with Crippen LogP contribution in [0.15, 0.2) is 4.79 Å². The fraction of sp³-hybridized carbons (Fsp3) is 0.455. The molecule has 2 N–H and O–H groups in total. The Morgan fingerprint density at radius 1 is 1.33 bits per heavy atom. The molecule has 15 heavy (non-hydrogen) atoms. The van der Waals surface area contributed by atoms with Gasteiger partial charge in [-0.25, -0.2) is 0 Å². The molecule has 0 aromatic carbocycles. The van der Waals surface area contributed by atoms with Gasteiger partial charge in [-0.05, 0) is 31.2 Å². The lowest BCUT2D eigenvalue weighted by molar-refractivity contribution is 0.410. The van der Waals surface area contributed by atoms with E-state index in [1.165, 1.54) is 4.57 Å². The van der Waals surface area contributed by atoms with Crippen LogP contribution in [0.5, 0.6) is 5.88 Å². The van der Waals surface area contributed by atoms with E-state index < -0.39 is 0 Å². The molecule has 1 heterocycles. The normalized spacial score (nSPS) is 14.7. The topological polar surface area (TPSA) is 66.1 Å². The average molecular weight is 206 g/mol. The molecule has 4 nitrogen and oxygen atoms in total. The van der Waals surface area contributed by atoms with Gasteiger partial charge in [0.05, 0.1) is 5.56 Å². The molecule has 0 radical (unpaired) electrons. The van der Waals surface area contributed by atoms with Crippen molar-refractivity contribution in [2.24, 2.45) is 7.05 Å². The van der Waals surface area contributed by atoms with Gasteiger partial charge in [-0.15, -0.1) is 0 Å². The van der Waals surface area contributed by atoms with Crippen LogP contribution in [0.1, 0.15) is 29.5 Å². The van der Waals surface area contributed by atoms with E-state index in [1.807, 2.05) is 0 Å². The van der Waals surface area contributed by atoms with Crippen molar-refractivity contribution in [3.8, 4) is 5.88 Å². The Balaban J connectivity index is 2.82. The smallest absolute Gasteiger partial charge is 0.262 e. The average Bonchev–Trinajstić information content (AvgIpc) is 2.27. The standard InChI is InChI=1S/C11H14N2O2/c1-13-10(14)8-5-3-2-4-7(8)9(6-12)11(13)15/h6,12,14H,2-5H2,1H3. The minimum Gasteiger partial charge on any atom is -0.494 e.